The molecule has 0 spiro atoms. The van der Waals surface area contributed by atoms with Crippen LogP contribution >= 0.6 is 34.8 Å². The molecule has 4 nitrogen and oxygen atoms in total. The van der Waals surface area contributed by atoms with Gasteiger partial charge in [-0.25, -0.2) is 9.59 Å². The number of ether oxygens (including phenoxy) is 2. The average Bonchev–Trinajstić information content (AvgIpc) is 2.01. The quantitative estimate of drug-likeness (QED) is 0.549. The summed E-state index contributed by atoms with van der Waals surface area (Å²) in [5, 5.41) is 0. The van der Waals surface area contributed by atoms with Crippen molar-refractivity contribution in [1.29, 1.82) is 0 Å². The Morgan fingerprint density at radius 2 is 1.77 bits per heavy atom. The number of halogens is 3. The average molecular weight is 249 g/mol. The molecule has 0 amide bonds. The van der Waals surface area contributed by atoms with E-state index in [4.69, 9.17) is 34.8 Å². The molecule has 0 heterocycles. The van der Waals surface area contributed by atoms with Crippen molar-refractivity contribution in [3.8, 4) is 0 Å². The topological polar surface area (TPSA) is 52.6 Å². The van der Waals surface area contributed by atoms with E-state index in [0.717, 1.165) is 7.11 Å². The zero-order valence-electron chi connectivity index (χ0n) is 6.84. The van der Waals surface area contributed by atoms with Crippen molar-refractivity contribution in [3.63, 3.8) is 0 Å². The van der Waals surface area contributed by atoms with Gasteiger partial charge in [-0.1, -0.05) is 34.8 Å². The van der Waals surface area contributed by atoms with Crippen molar-refractivity contribution in [2.24, 2.45) is 0 Å². The molecule has 13 heavy (non-hydrogen) atoms. The summed E-state index contributed by atoms with van der Waals surface area (Å²) in [6.07, 6.45) is -1.09. The van der Waals surface area contributed by atoms with E-state index in [0.29, 0.717) is 0 Å². The van der Waals surface area contributed by atoms with E-state index in [1.807, 2.05) is 0 Å². The zero-order chi connectivity index (χ0) is 10.6. The van der Waals surface area contributed by atoms with E-state index in [1.165, 1.54) is 6.92 Å². The van der Waals surface area contributed by atoms with Crippen molar-refractivity contribution in [2.75, 3.05) is 7.11 Å². The van der Waals surface area contributed by atoms with Crippen LogP contribution in [0.3, 0.4) is 0 Å². The maximum absolute atomic E-state index is 10.9. The highest BCUT2D eigenvalue weighted by Gasteiger charge is 2.35. The third-order valence-electron chi connectivity index (χ3n) is 1.05. The Labute approximate surface area is 90.0 Å². The minimum atomic E-state index is -2.18. The smallest absolute Gasteiger partial charge is 0.359 e. The lowest BCUT2D eigenvalue weighted by Gasteiger charge is -2.14. The summed E-state index contributed by atoms with van der Waals surface area (Å²) in [7, 11) is 1.15. The lowest BCUT2D eigenvalue weighted by atomic mass is 10.4. The van der Waals surface area contributed by atoms with Gasteiger partial charge in [0.05, 0.1) is 7.11 Å². The molecule has 0 aliphatic carbocycles. The van der Waals surface area contributed by atoms with Gasteiger partial charge in [-0.2, -0.15) is 0 Å². The number of hydrogen-bond donors (Lipinski definition) is 0. The van der Waals surface area contributed by atoms with Crippen LogP contribution in [0.25, 0.3) is 0 Å². The molecular formula is C6H7Cl3O4. The lowest BCUT2D eigenvalue weighted by molar-refractivity contribution is -0.164. The van der Waals surface area contributed by atoms with Crippen LogP contribution in [0.2, 0.25) is 0 Å². The van der Waals surface area contributed by atoms with E-state index in [-0.39, 0.29) is 0 Å². The molecule has 7 heteroatoms. The second-order valence-corrected chi connectivity index (χ2v) is 4.35. The van der Waals surface area contributed by atoms with Crippen molar-refractivity contribution in [1.82, 2.24) is 0 Å². The minimum absolute atomic E-state index is 0.720. The Bertz CT molecular complexity index is 210. The van der Waals surface area contributed by atoms with Gasteiger partial charge >= 0.3 is 11.9 Å². The fourth-order valence-electron chi connectivity index (χ4n) is 0.441. The molecule has 0 aromatic rings. The summed E-state index contributed by atoms with van der Waals surface area (Å²) in [5.41, 5.74) is 0. The van der Waals surface area contributed by atoms with Crippen molar-refractivity contribution in [2.45, 2.75) is 16.8 Å². The highest BCUT2D eigenvalue weighted by atomic mass is 35.6. The standard InChI is InChI=1S/C6H7Cl3O4/c1-3(4(10)12-2)13-5(11)6(7,8)9/h3H,1-2H3/t3-/m0/s1. The minimum Gasteiger partial charge on any atom is -0.466 e. The Morgan fingerprint density at radius 1 is 1.31 bits per heavy atom. The number of alkyl halides is 3. The fourth-order valence-corrected chi connectivity index (χ4v) is 0.575. The SMILES string of the molecule is COC(=O)[C@H](C)OC(=O)C(Cl)(Cl)Cl. The Hall–Kier alpha value is -0.190. The van der Waals surface area contributed by atoms with Crippen molar-refractivity contribution in [3.05, 3.63) is 0 Å². The van der Waals surface area contributed by atoms with Crippen LogP contribution in [-0.4, -0.2) is 28.9 Å². The number of esters is 2. The van der Waals surface area contributed by atoms with Gasteiger partial charge in [0.15, 0.2) is 6.10 Å². The van der Waals surface area contributed by atoms with Crippen LogP contribution in [0.15, 0.2) is 0 Å². The van der Waals surface area contributed by atoms with Crippen LogP contribution < -0.4 is 0 Å². The van der Waals surface area contributed by atoms with E-state index >= 15 is 0 Å². The first-order valence-corrected chi connectivity index (χ1v) is 4.28. The second-order valence-electron chi connectivity index (χ2n) is 2.07. The van der Waals surface area contributed by atoms with Crippen LogP contribution in [0.5, 0.6) is 0 Å². The first-order chi connectivity index (χ1) is 5.79. The summed E-state index contributed by atoms with van der Waals surface area (Å²) in [4.78, 5) is 21.6. The number of carbonyl (C=O) groups excluding carboxylic acids is 2. The van der Waals surface area contributed by atoms with Crippen LogP contribution in [0.1, 0.15) is 6.92 Å². The van der Waals surface area contributed by atoms with Gasteiger partial charge in [0, 0.05) is 0 Å². The number of carbonyl (C=O) groups is 2. The molecule has 0 aliphatic rings. The van der Waals surface area contributed by atoms with Crippen LogP contribution in [0, 0.1) is 0 Å². The molecule has 1 atom stereocenters. The number of hydrogen-bond acceptors (Lipinski definition) is 4. The lowest BCUT2D eigenvalue weighted by Crippen LogP contribution is -2.31. The molecule has 0 aromatic carbocycles. The third kappa shape index (κ3) is 4.55. The number of rotatable bonds is 2. The second kappa shape index (κ2) is 4.88. The maximum Gasteiger partial charge on any atom is 0.359 e. The van der Waals surface area contributed by atoms with Gasteiger partial charge < -0.3 is 9.47 Å². The Kier molecular flexibility index (Phi) is 4.81. The monoisotopic (exact) mass is 248 g/mol. The highest BCUT2D eigenvalue weighted by molar-refractivity contribution is 6.75. The van der Waals surface area contributed by atoms with Gasteiger partial charge in [0.1, 0.15) is 0 Å². The summed E-state index contributed by atoms with van der Waals surface area (Å²) < 4.78 is 6.56. The van der Waals surface area contributed by atoms with Gasteiger partial charge in [-0.3, -0.25) is 0 Å². The predicted octanol–water partition coefficient (Wildman–Crippen LogP) is 1.46. The van der Waals surface area contributed by atoms with Gasteiger partial charge in [-0.05, 0) is 6.92 Å². The summed E-state index contributed by atoms with van der Waals surface area (Å²) >= 11 is 15.5. The largest absolute Gasteiger partial charge is 0.466 e. The first kappa shape index (κ1) is 12.8. The molecule has 0 radical (unpaired) electrons. The van der Waals surface area contributed by atoms with Crippen LogP contribution in [0.4, 0.5) is 0 Å². The van der Waals surface area contributed by atoms with E-state index in [2.05, 4.69) is 9.47 Å². The summed E-state index contributed by atoms with van der Waals surface area (Å²) in [6, 6.07) is 0. The van der Waals surface area contributed by atoms with Gasteiger partial charge in [0.25, 0.3) is 3.79 Å². The Morgan fingerprint density at radius 3 is 2.08 bits per heavy atom. The molecular weight excluding hydrogens is 242 g/mol. The van der Waals surface area contributed by atoms with E-state index in [9.17, 15) is 9.59 Å². The van der Waals surface area contributed by atoms with Crippen LogP contribution in [-0.2, 0) is 19.1 Å². The van der Waals surface area contributed by atoms with Crippen molar-refractivity contribution < 1.29 is 19.1 Å². The molecule has 0 bridgehead atoms. The highest BCUT2D eigenvalue weighted by Crippen LogP contribution is 2.27. The number of methoxy groups -OCH3 is 1. The van der Waals surface area contributed by atoms with Gasteiger partial charge in [-0.15, -0.1) is 0 Å². The molecule has 0 aliphatic heterocycles. The zero-order valence-corrected chi connectivity index (χ0v) is 9.11. The van der Waals surface area contributed by atoms with E-state index < -0.39 is 21.8 Å². The molecule has 0 saturated carbocycles. The molecule has 0 unspecified atom stereocenters. The predicted molar refractivity (Wildman–Crippen MR) is 47.9 cm³/mol. The molecule has 0 aromatic heterocycles. The Balaban J connectivity index is 4.15. The molecule has 0 saturated heterocycles. The molecule has 76 valence electrons. The third-order valence-corrected chi connectivity index (χ3v) is 1.51. The normalized spacial score (nSPS) is 13.3. The maximum atomic E-state index is 10.9. The molecule has 0 fully saturated rings. The fraction of sp³-hybridized carbons (Fsp3) is 0.667. The van der Waals surface area contributed by atoms with Crippen molar-refractivity contribution >= 4 is 46.7 Å². The molecule has 0 N–H and O–H groups in total. The molecule has 0 rings (SSSR count). The first-order valence-electron chi connectivity index (χ1n) is 3.14. The summed E-state index contributed by atoms with van der Waals surface area (Å²) in [6.45, 7) is 1.31. The van der Waals surface area contributed by atoms with Gasteiger partial charge in [0.2, 0.25) is 0 Å². The summed E-state index contributed by atoms with van der Waals surface area (Å²) in [5.74, 6) is -1.84. The van der Waals surface area contributed by atoms with E-state index in [1.54, 1.807) is 0 Å².